The van der Waals surface area contributed by atoms with Crippen molar-refractivity contribution in [2.45, 2.75) is 45.3 Å². The van der Waals surface area contributed by atoms with Gasteiger partial charge in [0.2, 0.25) is 0 Å². The van der Waals surface area contributed by atoms with Crippen molar-refractivity contribution in [2.75, 3.05) is 6.26 Å². The number of hydrogen-bond donors (Lipinski definition) is 0. The quantitative estimate of drug-likeness (QED) is 0.184. The Hall–Kier alpha value is -1.72. The molecule has 5 rings (SSSR count). The van der Waals surface area contributed by atoms with Gasteiger partial charge in [0.05, 0.1) is 22.8 Å². The van der Waals surface area contributed by atoms with Crippen molar-refractivity contribution in [2.24, 2.45) is 9.98 Å². The zero-order valence-electron chi connectivity index (χ0n) is 22.2. The van der Waals surface area contributed by atoms with E-state index in [0.29, 0.717) is 11.8 Å². The topological polar surface area (TPSA) is 24.7 Å². The fourth-order valence-electron chi connectivity index (χ4n) is 4.99. The van der Waals surface area contributed by atoms with Crippen molar-refractivity contribution in [1.82, 2.24) is 0 Å². The van der Waals surface area contributed by atoms with E-state index in [-0.39, 0.29) is 0 Å². The number of hydrogen-bond acceptors (Lipinski definition) is 3. The molecule has 2 nitrogen and oxygen atoms in total. The molecule has 0 fully saturated rings. The third kappa shape index (κ3) is 6.20. The first-order valence-corrected chi connectivity index (χ1v) is 18.9. The van der Waals surface area contributed by atoms with Crippen LogP contribution in [0.3, 0.4) is 0 Å². The zero-order valence-corrected chi connectivity index (χ0v) is 27.2. The second-order valence-corrected chi connectivity index (χ2v) is 15.7. The Bertz CT molecular complexity index is 1460. The second kappa shape index (κ2) is 13.6. The number of halogens is 2. The van der Waals surface area contributed by atoms with E-state index in [2.05, 4.69) is 141 Å². The molecule has 6 heteroatoms. The van der Waals surface area contributed by atoms with Crippen LogP contribution in [0, 0.1) is 0 Å². The molecule has 0 atom stereocenters. The van der Waals surface area contributed by atoms with Gasteiger partial charge in [-0.15, -0.1) is 0 Å². The van der Waals surface area contributed by atoms with Gasteiger partial charge in [0.25, 0.3) is 0 Å². The first kappa shape index (κ1) is 29.3. The molecule has 0 bridgehead atoms. The Kier molecular flexibility index (Phi) is 10.5. The number of benzene rings is 4. The van der Waals surface area contributed by atoms with Crippen molar-refractivity contribution in [3.05, 3.63) is 107 Å². The van der Waals surface area contributed by atoms with E-state index in [0.717, 1.165) is 28.6 Å². The van der Waals surface area contributed by atoms with Crippen LogP contribution in [0.1, 0.15) is 67.3 Å². The number of rotatable bonds is 6. The third-order valence-electron chi connectivity index (χ3n) is 6.73. The monoisotopic (exact) mass is 692 g/mol. The van der Waals surface area contributed by atoms with E-state index in [1.54, 1.807) is 0 Å². The summed E-state index contributed by atoms with van der Waals surface area (Å²) in [5.74, 6) is 1.70. The van der Waals surface area contributed by atoms with Gasteiger partial charge in [0.15, 0.2) is 0 Å². The maximum atomic E-state index is 5.47. The summed E-state index contributed by atoms with van der Waals surface area (Å²) in [5, 5.41) is 2.49. The predicted molar refractivity (Wildman–Crippen MR) is 172 cm³/mol. The molecule has 4 aromatic carbocycles. The van der Waals surface area contributed by atoms with Crippen LogP contribution in [0.2, 0.25) is 0 Å². The number of nitrogens with zero attached hydrogens (tertiary/aromatic N) is 2. The summed E-state index contributed by atoms with van der Waals surface area (Å²) in [6.45, 7) is 9.00. The van der Waals surface area contributed by atoms with Gasteiger partial charge in [-0.2, -0.15) is 11.8 Å². The molecule has 0 radical (unpaired) electrons. The molecule has 0 heterocycles. The molecule has 1 aliphatic carbocycles. The molecule has 0 N–H and O–H groups in total. The third-order valence-corrected chi connectivity index (χ3v) is 7.33. The van der Waals surface area contributed by atoms with Crippen LogP contribution in [-0.4, -0.2) is 17.7 Å². The summed E-state index contributed by atoms with van der Waals surface area (Å²) >= 11 is 7.82. The van der Waals surface area contributed by atoms with Crippen LogP contribution < -0.4 is 0 Å². The van der Waals surface area contributed by atoms with E-state index < -0.39 is 0 Å². The Morgan fingerprint density at radius 3 is 1.79 bits per heavy atom. The van der Waals surface area contributed by atoms with Crippen molar-refractivity contribution >= 4 is 73.8 Å². The number of aliphatic imine (C=N–C) groups is 2. The zero-order chi connectivity index (χ0) is 27.2. The van der Waals surface area contributed by atoms with Crippen molar-refractivity contribution in [1.29, 1.82) is 0 Å². The Labute approximate surface area is 251 Å². The SMILES string of the molecule is CSCc1ccccc1N=C1C(=Nc2c(C(C)C)cccc2C(C)C)c2cccc3cccc1c23.[Br][Ni][Br]. The fourth-order valence-corrected chi connectivity index (χ4v) is 5.54. The second-order valence-electron chi connectivity index (χ2n) is 9.83. The summed E-state index contributed by atoms with van der Waals surface area (Å²) in [6.07, 6.45) is 2.14. The Morgan fingerprint density at radius 1 is 0.711 bits per heavy atom. The maximum absolute atomic E-state index is 5.47. The van der Waals surface area contributed by atoms with Gasteiger partial charge in [-0.25, -0.2) is 9.98 Å². The summed E-state index contributed by atoms with van der Waals surface area (Å²) in [6, 6.07) is 28.2. The van der Waals surface area contributed by atoms with Crippen LogP contribution in [0.25, 0.3) is 10.8 Å². The van der Waals surface area contributed by atoms with E-state index in [4.69, 9.17) is 9.98 Å². The standard InChI is InChI=1S/C32H32N2S.2BrH.Ni/c1-20(2)24-14-10-15-25(21(3)4)30(24)34-32-27-17-9-13-22-12-8-16-26(29(22)27)31(32)33-28-18-7-6-11-23(28)19-35-5;;;/h6-18,20-21H,19H2,1-5H3;2*1H;/q;;;+2/p-2. The number of para-hydroxylation sites is 2. The summed E-state index contributed by atoms with van der Waals surface area (Å²) in [4.78, 5) is 10.8. The minimum atomic E-state index is 0.385. The Morgan fingerprint density at radius 2 is 1.24 bits per heavy atom. The van der Waals surface area contributed by atoms with Gasteiger partial charge in [-0.3, -0.25) is 0 Å². The van der Waals surface area contributed by atoms with Crippen LogP contribution in [0.15, 0.2) is 88.8 Å². The van der Waals surface area contributed by atoms with Crippen LogP contribution in [0.5, 0.6) is 0 Å². The van der Waals surface area contributed by atoms with Crippen molar-refractivity contribution in [3.63, 3.8) is 0 Å². The molecule has 38 heavy (non-hydrogen) atoms. The van der Waals surface area contributed by atoms with E-state index >= 15 is 0 Å². The van der Waals surface area contributed by atoms with Gasteiger partial charge >= 0.3 is 39.3 Å². The van der Waals surface area contributed by atoms with E-state index in [1.165, 1.54) is 49.5 Å². The molecule has 0 spiro atoms. The molecule has 0 unspecified atom stereocenters. The van der Waals surface area contributed by atoms with Gasteiger partial charge in [-0.05, 0) is 46.2 Å². The minimum absolute atomic E-state index is 0.385. The van der Waals surface area contributed by atoms with E-state index in [1.807, 2.05) is 11.8 Å². The fraction of sp³-hybridized carbons (Fsp3) is 0.250. The van der Waals surface area contributed by atoms with Crippen LogP contribution in [0.4, 0.5) is 11.4 Å². The van der Waals surface area contributed by atoms with Crippen LogP contribution in [-0.2, 0) is 16.7 Å². The molecule has 0 aliphatic heterocycles. The predicted octanol–water partition coefficient (Wildman–Crippen LogP) is 10.9. The molecular weight excluding hydrogens is 663 g/mol. The molecule has 0 saturated carbocycles. The Balaban J connectivity index is 0.00000107. The molecule has 1 aliphatic rings. The van der Waals surface area contributed by atoms with Gasteiger partial charge in [0.1, 0.15) is 0 Å². The first-order chi connectivity index (χ1) is 18.4. The normalized spacial score (nSPS) is 14.7. The average molecular weight is 695 g/mol. The van der Waals surface area contributed by atoms with Gasteiger partial charge in [0, 0.05) is 22.3 Å². The van der Waals surface area contributed by atoms with Crippen LogP contribution >= 0.6 is 40.2 Å². The molecule has 4 aromatic rings. The molecular formula is C32H32Br2N2NiS. The van der Waals surface area contributed by atoms with Crippen molar-refractivity contribution < 1.29 is 10.9 Å². The van der Waals surface area contributed by atoms with Gasteiger partial charge < -0.3 is 0 Å². The van der Waals surface area contributed by atoms with Crippen molar-refractivity contribution in [3.8, 4) is 0 Å². The first-order valence-electron chi connectivity index (χ1n) is 12.6. The molecule has 0 aromatic heterocycles. The summed E-state index contributed by atoms with van der Waals surface area (Å²) in [7, 11) is 1.25. The average Bonchev–Trinajstić information content (AvgIpc) is 3.20. The summed E-state index contributed by atoms with van der Waals surface area (Å²) in [5.41, 5.74) is 10.2. The molecule has 0 amide bonds. The molecule has 200 valence electrons. The number of thioether (sulfide) groups is 1. The van der Waals surface area contributed by atoms with E-state index in [9.17, 15) is 0 Å². The molecule has 0 saturated heterocycles. The van der Waals surface area contributed by atoms with Gasteiger partial charge in [-0.1, -0.05) is 100 Å². The summed E-state index contributed by atoms with van der Waals surface area (Å²) < 4.78 is 0.